The third-order valence-corrected chi connectivity index (χ3v) is 5.69. The number of unbranched alkanes of at least 4 members (excludes halogenated alkanes) is 1. The lowest BCUT2D eigenvalue weighted by molar-refractivity contribution is 0.0696. The van der Waals surface area contributed by atoms with Crippen LogP contribution in [0.4, 0.5) is 11.6 Å². The average Bonchev–Trinajstić information content (AvgIpc) is 3.14. The number of nitrogens with zero attached hydrogens (tertiary/aromatic N) is 6. The van der Waals surface area contributed by atoms with Gasteiger partial charge in [0, 0.05) is 45.5 Å². The summed E-state index contributed by atoms with van der Waals surface area (Å²) >= 11 is 0. The molecule has 1 saturated heterocycles. The van der Waals surface area contributed by atoms with Gasteiger partial charge >= 0.3 is 17.7 Å². The molecule has 12 heteroatoms. The zero-order valence-electron chi connectivity index (χ0n) is 18.5. The number of imidazole rings is 1. The summed E-state index contributed by atoms with van der Waals surface area (Å²) in [5.74, 6) is -0.123. The fourth-order valence-corrected chi connectivity index (χ4v) is 3.78. The number of nitrogen functional groups attached to an aromatic ring is 1. The van der Waals surface area contributed by atoms with Crippen LogP contribution >= 0.6 is 0 Å². The van der Waals surface area contributed by atoms with Crippen LogP contribution in [0.15, 0.2) is 23.1 Å². The summed E-state index contributed by atoms with van der Waals surface area (Å²) < 4.78 is 7.14. The van der Waals surface area contributed by atoms with Crippen LogP contribution in [-0.2, 0) is 6.54 Å². The van der Waals surface area contributed by atoms with Gasteiger partial charge in [0.05, 0.1) is 12.2 Å². The third-order valence-electron chi connectivity index (χ3n) is 5.69. The van der Waals surface area contributed by atoms with Gasteiger partial charge in [0.1, 0.15) is 11.3 Å². The van der Waals surface area contributed by atoms with Crippen molar-refractivity contribution in [3.8, 4) is 6.01 Å². The van der Waals surface area contributed by atoms with Crippen molar-refractivity contribution in [3.63, 3.8) is 0 Å². The smallest absolute Gasteiger partial charge is 0.335 e. The highest BCUT2D eigenvalue weighted by Gasteiger charge is 2.20. The highest BCUT2D eigenvalue weighted by atomic mass is 16.5. The molecule has 0 aliphatic carbocycles. The van der Waals surface area contributed by atoms with E-state index in [9.17, 15) is 14.7 Å². The molecule has 0 saturated carbocycles. The molecule has 4 heterocycles. The predicted octanol–water partition coefficient (Wildman–Crippen LogP) is 0.796. The number of aromatic carboxylic acids is 1. The van der Waals surface area contributed by atoms with Crippen molar-refractivity contribution in [2.45, 2.75) is 26.3 Å². The Morgan fingerprint density at radius 3 is 2.76 bits per heavy atom. The Hall–Kier alpha value is -3.67. The Bertz CT molecular complexity index is 1180. The number of rotatable bonds is 9. The first kappa shape index (κ1) is 22.5. The molecule has 1 aliphatic rings. The number of nitrogens with one attached hydrogen (secondary N) is 1. The number of carboxylic acids is 1. The van der Waals surface area contributed by atoms with E-state index in [4.69, 9.17) is 10.5 Å². The highest BCUT2D eigenvalue weighted by molar-refractivity contribution is 5.88. The second-order valence-corrected chi connectivity index (χ2v) is 7.91. The molecule has 1 fully saturated rings. The van der Waals surface area contributed by atoms with Gasteiger partial charge in [0.2, 0.25) is 0 Å². The van der Waals surface area contributed by atoms with E-state index in [-0.39, 0.29) is 23.1 Å². The molecule has 0 spiro atoms. The lowest BCUT2D eigenvalue weighted by Gasteiger charge is -2.35. The van der Waals surface area contributed by atoms with Crippen molar-refractivity contribution >= 4 is 28.8 Å². The molecule has 4 N–H and O–H groups in total. The largest absolute Gasteiger partial charge is 0.478 e. The van der Waals surface area contributed by atoms with Crippen LogP contribution in [-0.4, -0.2) is 79.8 Å². The van der Waals surface area contributed by atoms with Gasteiger partial charge in [-0.2, -0.15) is 9.97 Å². The first-order chi connectivity index (χ1) is 16.0. The van der Waals surface area contributed by atoms with Gasteiger partial charge in [-0.15, -0.1) is 0 Å². The van der Waals surface area contributed by atoms with Crippen molar-refractivity contribution < 1.29 is 14.6 Å². The number of aromatic amines is 1. The molecule has 3 aromatic heterocycles. The molecule has 0 bridgehead atoms. The molecular formula is C21H28N8O4. The number of aromatic nitrogens is 5. The minimum Gasteiger partial charge on any atom is -0.478 e. The molecule has 1 aliphatic heterocycles. The number of anilines is 2. The first-order valence-electron chi connectivity index (χ1n) is 11.0. The van der Waals surface area contributed by atoms with Gasteiger partial charge in [-0.1, -0.05) is 13.3 Å². The second kappa shape index (κ2) is 9.86. The minimum atomic E-state index is -0.968. The Kier molecular flexibility index (Phi) is 6.73. The molecule has 0 aromatic carbocycles. The van der Waals surface area contributed by atoms with E-state index < -0.39 is 5.97 Å². The van der Waals surface area contributed by atoms with E-state index in [0.29, 0.717) is 49.8 Å². The monoisotopic (exact) mass is 456 g/mol. The summed E-state index contributed by atoms with van der Waals surface area (Å²) in [5, 5.41) is 9.19. The molecule has 0 radical (unpaired) electrons. The quantitative estimate of drug-likeness (QED) is 0.394. The van der Waals surface area contributed by atoms with Crippen LogP contribution in [0, 0.1) is 0 Å². The molecule has 3 aromatic rings. The van der Waals surface area contributed by atoms with Gasteiger partial charge in [-0.05, 0) is 18.6 Å². The van der Waals surface area contributed by atoms with Crippen molar-refractivity contribution in [1.82, 2.24) is 29.4 Å². The van der Waals surface area contributed by atoms with Gasteiger partial charge < -0.3 is 25.5 Å². The summed E-state index contributed by atoms with van der Waals surface area (Å²) in [6.07, 6.45) is 3.38. The number of carbonyl (C=O) groups is 1. The Labute approximate surface area is 190 Å². The summed E-state index contributed by atoms with van der Waals surface area (Å²) in [7, 11) is 0. The average molecular weight is 457 g/mol. The molecule has 4 rings (SSSR count). The maximum atomic E-state index is 12.5. The lowest BCUT2D eigenvalue weighted by atomic mass is 10.2. The van der Waals surface area contributed by atoms with Crippen LogP contribution in [0.1, 0.15) is 30.1 Å². The summed E-state index contributed by atoms with van der Waals surface area (Å²) in [4.78, 5) is 43.6. The van der Waals surface area contributed by atoms with Gasteiger partial charge in [-0.25, -0.2) is 14.6 Å². The maximum absolute atomic E-state index is 12.5. The number of carboxylic acid groups (broad SMARTS) is 1. The number of H-pyrrole nitrogens is 1. The molecule has 176 valence electrons. The second-order valence-electron chi connectivity index (χ2n) is 7.91. The van der Waals surface area contributed by atoms with E-state index in [1.54, 1.807) is 10.6 Å². The molecule has 12 nitrogen and oxygen atoms in total. The van der Waals surface area contributed by atoms with Crippen LogP contribution in [0.5, 0.6) is 6.01 Å². The summed E-state index contributed by atoms with van der Waals surface area (Å²) in [6.45, 7) is 6.60. The fraction of sp³-hybridized carbons (Fsp3) is 0.476. The van der Waals surface area contributed by atoms with Gasteiger partial charge in [0.25, 0.3) is 0 Å². The van der Waals surface area contributed by atoms with Crippen molar-refractivity contribution in [2.75, 3.05) is 50.0 Å². The highest BCUT2D eigenvalue weighted by Crippen LogP contribution is 2.19. The van der Waals surface area contributed by atoms with E-state index in [0.717, 1.165) is 25.9 Å². The van der Waals surface area contributed by atoms with Crippen molar-refractivity contribution in [2.24, 2.45) is 0 Å². The number of hydrogen-bond donors (Lipinski definition) is 3. The minimum absolute atomic E-state index is 0.172. The number of hydrogen-bond acceptors (Lipinski definition) is 9. The Balaban J connectivity index is 1.40. The molecule has 33 heavy (non-hydrogen) atoms. The third kappa shape index (κ3) is 5.06. The summed E-state index contributed by atoms with van der Waals surface area (Å²) in [6, 6.07) is 3.25. The maximum Gasteiger partial charge on any atom is 0.335 e. The zero-order valence-corrected chi connectivity index (χ0v) is 18.5. The van der Waals surface area contributed by atoms with Crippen molar-refractivity contribution in [3.05, 3.63) is 34.4 Å². The van der Waals surface area contributed by atoms with E-state index in [1.165, 1.54) is 12.3 Å². The fourth-order valence-electron chi connectivity index (χ4n) is 3.78. The van der Waals surface area contributed by atoms with Crippen LogP contribution in [0.2, 0.25) is 0 Å². The van der Waals surface area contributed by atoms with E-state index in [2.05, 4.69) is 36.7 Å². The van der Waals surface area contributed by atoms with Crippen molar-refractivity contribution in [1.29, 1.82) is 0 Å². The number of piperazine rings is 1. The number of nitrogens with two attached hydrogens (primary N) is 1. The number of ether oxygens (including phenoxy) is 1. The van der Waals surface area contributed by atoms with Crippen LogP contribution in [0.3, 0.4) is 0 Å². The summed E-state index contributed by atoms with van der Waals surface area (Å²) in [5.41, 5.74) is 6.80. The Morgan fingerprint density at radius 2 is 2.03 bits per heavy atom. The SMILES string of the molecule is CCCCOc1nc(N)c2[nH]c(=O)n(CCN3CCN(c4cc(C(=O)O)ccn4)CC3)c2n1. The normalized spacial score (nSPS) is 14.6. The Morgan fingerprint density at radius 1 is 1.24 bits per heavy atom. The van der Waals surface area contributed by atoms with Crippen LogP contribution in [0.25, 0.3) is 11.2 Å². The lowest BCUT2D eigenvalue weighted by Crippen LogP contribution is -2.47. The molecular weight excluding hydrogens is 428 g/mol. The van der Waals surface area contributed by atoms with E-state index >= 15 is 0 Å². The van der Waals surface area contributed by atoms with Gasteiger partial charge in [-0.3, -0.25) is 9.47 Å². The topological polar surface area (TPSA) is 155 Å². The van der Waals surface area contributed by atoms with E-state index in [1.807, 2.05) is 0 Å². The number of fused-ring (bicyclic) bond motifs is 1. The standard InChI is InChI=1S/C21H28N8O4/c1-2-3-12-33-20-25-17(22)16-18(26-20)29(21(32)24-16)11-8-27-6-9-28(10-7-27)15-13-14(19(30)31)4-5-23-15/h4-5,13H,2-3,6-12H2,1H3,(H,24,32)(H,30,31)(H2,22,25,26). The molecule has 0 unspecified atom stereocenters. The zero-order chi connectivity index (χ0) is 23.4. The molecule has 0 amide bonds. The number of pyridine rings is 1. The van der Waals surface area contributed by atoms with Crippen LogP contribution < -0.4 is 21.1 Å². The van der Waals surface area contributed by atoms with Gasteiger partial charge in [0.15, 0.2) is 11.5 Å². The predicted molar refractivity (Wildman–Crippen MR) is 123 cm³/mol. The first-order valence-corrected chi connectivity index (χ1v) is 11.0. The molecule has 0 atom stereocenters.